The zero-order chi connectivity index (χ0) is 11.4. The number of para-hydroxylation sites is 1. The van der Waals surface area contributed by atoms with Gasteiger partial charge in [0, 0.05) is 23.6 Å². The topological polar surface area (TPSA) is 36.9 Å². The van der Waals surface area contributed by atoms with Gasteiger partial charge in [-0.1, -0.05) is 18.2 Å². The number of allylic oxidation sites excluding steroid dienone is 1. The van der Waals surface area contributed by atoms with Crippen LogP contribution in [0.1, 0.15) is 0 Å². The maximum atomic E-state index is 4.68. The number of aromatic amines is 1. The maximum Gasteiger partial charge on any atom is 0.222 e. The number of halogens is 1. The lowest BCUT2D eigenvalue weighted by atomic mass is 10.2. The van der Waals surface area contributed by atoms with Gasteiger partial charge >= 0.3 is 0 Å². The molecule has 0 saturated heterocycles. The van der Waals surface area contributed by atoms with Crippen LogP contribution in [0, 0.1) is 0 Å². The smallest absolute Gasteiger partial charge is 0.222 e. The van der Waals surface area contributed by atoms with Crippen LogP contribution in [0.5, 0.6) is 0 Å². The van der Waals surface area contributed by atoms with E-state index in [1.807, 2.05) is 22.3 Å². The monoisotopic (exact) mass is 288 g/mol. The lowest BCUT2D eigenvalue weighted by Crippen LogP contribution is -2.13. The second-order valence-corrected chi connectivity index (χ2v) is 4.85. The second-order valence-electron chi connectivity index (χ2n) is 4.09. The molecule has 0 radical (unpaired) electrons. The number of imidazole rings is 1. The van der Waals surface area contributed by atoms with E-state index in [1.54, 1.807) is 0 Å². The van der Waals surface area contributed by atoms with Crippen molar-refractivity contribution in [1.29, 1.82) is 0 Å². The first kappa shape index (κ1) is 9.30. The Hall–Kier alpha value is -1.75. The van der Waals surface area contributed by atoms with Gasteiger partial charge in [0.05, 0.1) is 16.1 Å². The fourth-order valence-electron chi connectivity index (χ4n) is 2.33. The number of aromatic nitrogens is 3. The maximum absolute atomic E-state index is 4.68. The molecule has 2 aromatic heterocycles. The van der Waals surface area contributed by atoms with Crippen LogP contribution < -0.4 is 3.93 Å². The SMILES string of the molecule is BrN1C=CCn2c1nc1c3ccccc3[nH]c12. The third kappa shape index (κ3) is 1.14. The van der Waals surface area contributed by atoms with E-state index in [0.717, 1.165) is 29.2 Å². The lowest BCUT2D eigenvalue weighted by molar-refractivity contribution is 0.820. The van der Waals surface area contributed by atoms with Crippen molar-refractivity contribution in [3.05, 3.63) is 36.5 Å². The van der Waals surface area contributed by atoms with Crippen molar-refractivity contribution in [3.8, 4) is 0 Å². The van der Waals surface area contributed by atoms with E-state index >= 15 is 0 Å². The molecule has 1 aromatic carbocycles. The average Bonchev–Trinajstić information content (AvgIpc) is 2.87. The lowest BCUT2D eigenvalue weighted by Gasteiger charge is -2.16. The summed E-state index contributed by atoms with van der Waals surface area (Å²) >= 11 is 3.46. The molecule has 0 atom stereocenters. The Morgan fingerprint density at radius 2 is 2.18 bits per heavy atom. The van der Waals surface area contributed by atoms with E-state index in [9.17, 15) is 0 Å². The Kier molecular flexibility index (Phi) is 1.71. The van der Waals surface area contributed by atoms with Crippen molar-refractivity contribution in [3.63, 3.8) is 0 Å². The normalized spacial score (nSPS) is 14.8. The van der Waals surface area contributed by atoms with Crippen LogP contribution in [0.2, 0.25) is 0 Å². The summed E-state index contributed by atoms with van der Waals surface area (Å²) in [5, 5.41) is 1.17. The highest BCUT2D eigenvalue weighted by Crippen LogP contribution is 2.31. The van der Waals surface area contributed by atoms with E-state index in [-0.39, 0.29) is 0 Å². The zero-order valence-electron chi connectivity index (χ0n) is 8.89. The summed E-state index contributed by atoms with van der Waals surface area (Å²) in [5.41, 5.74) is 3.25. The van der Waals surface area contributed by atoms with Crippen molar-refractivity contribution >= 4 is 44.2 Å². The number of anilines is 1. The van der Waals surface area contributed by atoms with Gasteiger partial charge in [0.2, 0.25) is 5.95 Å². The molecule has 84 valence electrons. The molecule has 0 amide bonds. The summed E-state index contributed by atoms with van der Waals surface area (Å²) in [6, 6.07) is 8.25. The van der Waals surface area contributed by atoms with Crippen LogP contribution in [-0.2, 0) is 6.54 Å². The van der Waals surface area contributed by atoms with Crippen LogP contribution >= 0.6 is 16.1 Å². The number of benzene rings is 1. The molecule has 3 heterocycles. The van der Waals surface area contributed by atoms with Crippen LogP contribution in [0.3, 0.4) is 0 Å². The van der Waals surface area contributed by atoms with Gasteiger partial charge in [-0.2, -0.15) is 0 Å². The number of rotatable bonds is 0. The second kappa shape index (κ2) is 3.13. The molecular weight excluding hydrogens is 280 g/mol. The number of H-pyrrole nitrogens is 1. The first-order valence-electron chi connectivity index (χ1n) is 5.43. The van der Waals surface area contributed by atoms with Crippen LogP contribution in [0.4, 0.5) is 5.95 Å². The Morgan fingerprint density at radius 3 is 3.12 bits per heavy atom. The van der Waals surface area contributed by atoms with Gasteiger partial charge in [0.1, 0.15) is 11.2 Å². The molecule has 4 nitrogen and oxygen atoms in total. The van der Waals surface area contributed by atoms with E-state index < -0.39 is 0 Å². The predicted molar refractivity (Wildman–Crippen MR) is 72.1 cm³/mol. The zero-order valence-corrected chi connectivity index (χ0v) is 10.5. The number of nitrogens with zero attached hydrogens (tertiary/aromatic N) is 3. The Morgan fingerprint density at radius 1 is 1.29 bits per heavy atom. The molecular formula is C12H9BrN4. The van der Waals surface area contributed by atoms with Crippen LogP contribution in [0.25, 0.3) is 22.1 Å². The largest absolute Gasteiger partial charge is 0.339 e. The average molecular weight is 289 g/mol. The van der Waals surface area contributed by atoms with E-state index in [0.29, 0.717) is 0 Å². The molecule has 0 saturated carbocycles. The van der Waals surface area contributed by atoms with Gasteiger partial charge in [-0.25, -0.2) is 4.98 Å². The Balaban J connectivity index is 2.15. The summed E-state index contributed by atoms with van der Waals surface area (Å²) in [5.74, 6) is 0.916. The molecule has 17 heavy (non-hydrogen) atoms. The number of hydrogen-bond donors (Lipinski definition) is 1. The van der Waals surface area contributed by atoms with Crippen molar-refractivity contribution < 1.29 is 0 Å². The highest BCUT2D eigenvalue weighted by atomic mass is 79.9. The van der Waals surface area contributed by atoms with Gasteiger partial charge in [-0.15, -0.1) is 0 Å². The molecule has 4 rings (SSSR count). The van der Waals surface area contributed by atoms with Crippen molar-refractivity contribution in [2.45, 2.75) is 6.54 Å². The van der Waals surface area contributed by atoms with Gasteiger partial charge in [0.25, 0.3) is 0 Å². The highest BCUT2D eigenvalue weighted by molar-refractivity contribution is 9.10. The molecule has 0 unspecified atom stereocenters. The quantitative estimate of drug-likeness (QED) is 0.645. The predicted octanol–water partition coefficient (Wildman–Crippen LogP) is 3.16. The summed E-state index contributed by atoms with van der Waals surface area (Å²) in [6.45, 7) is 0.848. The molecule has 5 heteroatoms. The molecule has 1 aliphatic heterocycles. The minimum Gasteiger partial charge on any atom is -0.339 e. The summed E-state index contributed by atoms with van der Waals surface area (Å²) < 4.78 is 4.02. The van der Waals surface area contributed by atoms with Crippen molar-refractivity contribution in [1.82, 2.24) is 14.5 Å². The van der Waals surface area contributed by atoms with Crippen molar-refractivity contribution in [2.75, 3.05) is 3.93 Å². The fraction of sp³-hybridized carbons (Fsp3) is 0.0833. The number of fused-ring (bicyclic) bond motifs is 5. The molecule has 3 aromatic rings. The summed E-state index contributed by atoms with van der Waals surface area (Å²) in [7, 11) is 0. The van der Waals surface area contributed by atoms with E-state index in [2.05, 4.69) is 48.9 Å². The molecule has 0 spiro atoms. The van der Waals surface area contributed by atoms with Gasteiger partial charge < -0.3 is 4.98 Å². The van der Waals surface area contributed by atoms with Gasteiger partial charge in [-0.3, -0.25) is 8.49 Å². The third-order valence-corrected chi connectivity index (χ3v) is 3.65. The number of hydrogen-bond acceptors (Lipinski definition) is 2. The van der Waals surface area contributed by atoms with E-state index in [1.165, 1.54) is 5.39 Å². The first-order chi connectivity index (χ1) is 8.34. The number of nitrogens with one attached hydrogen (secondary N) is 1. The molecule has 1 N–H and O–H groups in total. The van der Waals surface area contributed by atoms with Crippen molar-refractivity contribution in [2.24, 2.45) is 0 Å². The minimum absolute atomic E-state index is 0.848. The Labute approximate surface area is 106 Å². The fourth-order valence-corrected chi connectivity index (χ4v) is 2.77. The molecule has 1 aliphatic rings. The highest BCUT2D eigenvalue weighted by Gasteiger charge is 2.19. The molecule has 0 bridgehead atoms. The van der Waals surface area contributed by atoms with Crippen LogP contribution in [0.15, 0.2) is 36.5 Å². The minimum atomic E-state index is 0.848. The standard InChI is InChI=1S/C12H9BrN4/c13-17-7-3-6-16-11-10(15-12(16)17)8-4-1-2-5-9(8)14-11/h1-5,7,14H,6H2. The molecule has 0 aliphatic carbocycles. The Bertz CT molecular complexity index is 752. The molecule has 0 fully saturated rings. The van der Waals surface area contributed by atoms with E-state index in [4.69, 9.17) is 0 Å². The summed E-state index contributed by atoms with van der Waals surface area (Å²) in [4.78, 5) is 8.11. The summed E-state index contributed by atoms with van der Waals surface area (Å²) in [6.07, 6.45) is 4.07. The first-order valence-corrected chi connectivity index (χ1v) is 6.14. The van der Waals surface area contributed by atoms with Crippen LogP contribution in [-0.4, -0.2) is 14.5 Å². The third-order valence-electron chi connectivity index (χ3n) is 3.10. The van der Waals surface area contributed by atoms with Gasteiger partial charge in [0.15, 0.2) is 0 Å². The van der Waals surface area contributed by atoms with Gasteiger partial charge in [-0.05, 0) is 12.1 Å².